The molecule has 10 N–H and O–H groups in total. The fourth-order valence-corrected chi connectivity index (χ4v) is 4.19. The van der Waals surface area contributed by atoms with E-state index in [1.165, 1.54) is 18.3 Å². The molecule has 4 atom stereocenters. The molecule has 0 bridgehead atoms. The molecule has 18 nitrogen and oxygen atoms in total. The number of carbonyl (C=O) groups is 6. The van der Waals surface area contributed by atoms with Crippen molar-refractivity contribution in [3.05, 3.63) is 52.1 Å². The number of thiol groups is 1. The van der Waals surface area contributed by atoms with Gasteiger partial charge in [0.1, 0.15) is 24.7 Å². The highest BCUT2D eigenvalue weighted by atomic mass is 32.1. The molecule has 3 aromatic rings. The third-order valence-corrected chi connectivity index (χ3v) is 7.30. The summed E-state index contributed by atoms with van der Waals surface area (Å²) in [6.45, 7) is 1.65. The molecule has 19 heteroatoms. The summed E-state index contributed by atoms with van der Waals surface area (Å²) in [6, 6.07) is 2.72. The predicted octanol–water partition coefficient (Wildman–Crippen LogP) is -2.06. The highest BCUT2D eigenvalue weighted by Crippen LogP contribution is 2.12. The molecule has 0 aliphatic rings. The van der Waals surface area contributed by atoms with Gasteiger partial charge in [0.05, 0.1) is 24.5 Å². The lowest BCUT2D eigenvalue weighted by Gasteiger charge is -2.21. The topological polar surface area (TPSA) is 286 Å². The number of anilines is 2. The maximum absolute atomic E-state index is 12.7. The maximum Gasteiger partial charge on any atom is 0.280 e. The molecule has 0 unspecified atom stereocenters. The normalized spacial score (nSPS) is 13.3. The van der Waals surface area contributed by atoms with E-state index in [2.05, 4.69) is 59.1 Å². The summed E-state index contributed by atoms with van der Waals surface area (Å²) in [5.41, 5.74) is 12.4. The number of nitrogens with two attached hydrogens (primary N) is 2. The van der Waals surface area contributed by atoms with Crippen molar-refractivity contribution < 1.29 is 28.8 Å². The monoisotopic (exact) mass is 683 g/mol. The summed E-state index contributed by atoms with van der Waals surface area (Å²) < 4.78 is 0. The molecule has 0 saturated carbocycles. The van der Waals surface area contributed by atoms with E-state index in [-0.39, 0.29) is 61.1 Å². The summed E-state index contributed by atoms with van der Waals surface area (Å²) in [5.74, 6) is -2.10. The van der Waals surface area contributed by atoms with Gasteiger partial charge in [-0.2, -0.15) is 17.6 Å². The van der Waals surface area contributed by atoms with Crippen molar-refractivity contribution in [1.29, 1.82) is 0 Å². The van der Waals surface area contributed by atoms with Crippen molar-refractivity contribution >= 4 is 71.6 Å². The number of fused-ring (bicyclic) bond motifs is 1. The van der Waals surface area contributed by atoms with Crippen LogP contribution in [0.1, 0.15) is 42.2 Å². The number of nitrogens with one attached hydrogen (secondary N) is 6. The van der Waals surface area contributed by atoms with E-state index in [1.807, 2.05) is 0 Å². The van der Waals surface area contributed by atoms with Gasteiger partial charge in [0.2, 0.25) is 23.7 Å². The van der Waals surface area contributed by atoms with Gasteiger partial charge in [-0.15, -0.1) is 0 Å². The summed E-state index contributed by atoms with van der Waals surface area (Å²) in [5, 5.41) is 13.1. The number of rotatable bonds is 18. The van der Waals surface area contributed by atoms with Crippen molar-refractivity contribution in [3.63, 3.8) is 0 Å². The lowest BCUT2D eigenvalue weighted by Crippen LogP contribution is -2.55. The molecular formula is C29H37N11O7S. The number of nitrogen functional groups attached to an aromatic ring is 1. The van der Waals surface area contributed by atoms with Crippen LogP contribution in [-0.4, -0.2) is 92.6 Å². The van der Waals surface area contributed by atoms with Crippen molar-refractivity contribution in [3.8, 4) is 0 Å². The Balaban J connectivity index is 1.43. The van der Waals surface area contributed by atoms with E-state index in [9.17, 15) is 33.6 Å². The fraction of sp³-hybridized carbons (Fsp3) is 0.379. The Morgan fingerprint density at radius 1 is 1.04 bits per heavy atom. The Morgan fingerprint density at radius 3 is 2.44 bits per heavy atom. The van der Waals surface area contributed by atoms with Crippen LogP contribution in [0.5, 0.6) is 0 Å². The van der Waals surface area contributed by atoms with Crippen molar-refractivity contribution in [2.45, 2.75) is 56.9 Å². The van der Waals surface area contributed by atoms with Crippen molar-refractivity contribution in [1.82, 2.24) is 41.2 Å². The molecule has 1 aromatic carbocycles. The molecule has 4 amide bonds. The van der Waals surface area contributed by atoms with Gasteiger partial charge in [-0.1, -0.05) is 0 Å². The number of aldehydes is 2. The van der Waals surface area contributed by atoms with Crippen LogP contribution in [0.15, 0.2) is 35.3 Å². The van der Waals surface area contributed by atoms with Crippen molar-refractivity contribution in [2.24, 2.45) is 5.73 Å². The number of hydrogen-bond acceptors (Lipinski definition) is 14. The van der Waals surface area contributed by atoms with Crippen LogP contribution in [0.25, 0.3) is 11.2 Å². The average Bonchev–Trinajstić information content (AvgIpc) is 3.07. The van der Waals surface area contributed by atoms with Crippen LogP contribution in [0.3, 0.4) is 0 Å². The van der Waals surface area contributed by atoms with Crippen LogP contribution in [-0.2, 0) is 30.5 Å². The second-order valence-corrected chi connectivity index (χ2v) is 11.0. The van der Waals surface area contributed by atoms with Crippen molar-refractivity contribution in [2.75, 3.05) is 23.3 Å². The SMILES string of the molecule is C[C@H](CS)NC(=O)[C@H](CC=O)NC(=O)[C@@H](N)CNC(=O)CC[C@@H](C=O)NC(=O)c1ccc(NCc2cnc3nc(N)[nH]c(=O)c3n2)cc1. The molecule has 0 aliphatic carbocycles. The van der Waals surface area contributed by atoms with Gasteiger partial charge >= 0.3 is 0 Å². The lowest BCUT2D eigenvalue weighted by molar-refractivity contribution is -0.131. The first-order valence-corrected chi connectivity index (χ1v) is 15.4. The minimum atomic E-state index is -1.22. The highest BCUT2D eigenvalue weighted by Gasteiger charge is 2.25. The Labute approximate surface area is 279 Å². The van der Waals surface area contributed by atoms with E-state index in [4.69, 9.17) is 11.5 Å². The molecule has 0 fully saturated rings. The molecule has 256 valence electrons. The number of nitrogens with zero attached hydrogens (tertiary/aromatic N) is 3. The predicted molar refractivity (Wildman–Crippen MR) is 178 cm³/mol. The van der Waals surface area contributed by atoms with E-state index in [0.29, 0.717) is 29.7 Å². The summed E-state index contributed by atoms with van der Waals surface area (Å²) in [7, 11) is 0. The lowest BCUT2D eigenvalue weighted by atomic mass is 10.1. The van der Waals surface area contributed by atoms with E-state index in [1.54, 1.807) is 19.1 Å². The largest absolute Gasteiger partial charge is 0.379 e. The number of aromatic nitrogens is 4. The minimum Gasteiger partial charge on any atom is -0.379 e. The van der Waals surface area contributed by atoms with E-state index in [0.717, 1.165) is 0 Å². The van der Waals surface area contributed by atoms with Crippen LogP contribution in [0.4, 0.5) is 11.6 Å². The molecule has 2 heterocycles. The second kappa shape index (κ2) is 18.0. The molecule has 0 spiro atoms. The third kappa shape index (κ3) is 11.1. The number of aromatic amines is 1. The maximum atomic E-state index is 12.7. The van der Waals surface area contributed by atoms with E-state index < -0.39 is 47.3 Å². The quantitative estimate of drug-likeness (QED) is 0.0516. The van der Waals surface area contributed by atoms with Gasteiger partial charge in [0.25, 0.3) is 11.5 Å². The van der Waals surface area contributed by atoms with E-state index >= 15 is 0 Å². The summed E-state index contributed by atoms with van der Waals surface area (Å²) in [6.07, 6.45) is 2.00. The van der Waals surface area contributed by atoms with Crippen LogP contribution in [0, 0.1) is 0 Å². The molecule has 2 aromatic heterocycles. The Bertz CT molecular complexity index is 1690. The minimum absolute atomic E-state index is 0.0230. The first kappa shape index (κ1) is 37.0. The molecule has 48 heavy (non-hydrogen) atoms. The van der Waals surface area contributed by atoms with Crippen LogP contribution >= 0.6 is 12.6 Å². The zero-order chi connectivity index (χ0) is 35.2. The van der Waals surface area contributed by atoms with Gasteiger partial charge in [-0.3, -0.25) is 29.0 Å². The molecule has 3 rings (SSSR count). The number of benzene rings is 1. The molecular weight excluding hydrogens is 646 g/mol. The zero-order valence-electron chi connectivity index (χ0n) is 25.9. The Morgan fingerprint density at radius 2 is 1.77 bits per heavy atom. The highest BCUT2D eigenvalue weighted by molar-refractivity contribution is 7.80. The first-order chi connectivity index (χ1) is 22.9. The smallest absolute Gasteiger partial charge is 0.280 e. The summed E-state index contributed by atoms with van der Waals surface area (Å²) in [4.78, 5) is 99.0. The molecule has 0 radical (unpaired) electrons. The number of H-pyrrole nitrogens is 1. The second-order valence-electron chi connectivity index (χ2n) is 10.6. The molecule has 0 saturated heterocycles. The van der Waals surface area contributed by atoms with Crippen LogP contribution in [0.2, 0.25) is 0 Å². The average molecular weight is 684 g/mol. The number of carbonyl (C=O) groups excluding carboxylic acids is 6. The Kier molecular flexibility index (Phi) is 13.9. The first-order valence-electron chi connectivity index (χ1n) is 14.7. The fourth-order valence-electron chi connectivity index (χ4n) is 4.10. The van der Waals surface area contributed by atoms with Gasteiger partial charge in [0.15, 0.2) is 11.2 Å². The van der Waals surface area contributed by atoms with Gasteiger partial charge in [-0.05, 0) is 37.6 Å². The van der Waals surface area contributed by atoms with Crippen LogP contribution < -0.4 is 43.6 Å². The third-order valence-electron chi connectivity index (χ3n) is 6.75. The molecule has 0 aliphatic heterocycles. The van der Waals surface area contributed by atoms with Gasteiger partial charge in [-0.25, -0.2) is 9.97 Å². The number of hydrogen-bond donors (Lipinski definition) is 9. The number of amides is 4. The van der Waals surface area contributed by atoms with Gasteiger partial charge < -0.3 is 47.6 Å². The summed E-state index contributed by atoms with van der Waals surface area (Å²) >= 11 is 4.07. The Hall–Kier alpha value is -5.43. The standard InChI is InChI=1S/C29H37N11O7S/c1-15(14-48)35-27(46)21(8-9-41)38-26(45)20(30)12-33-22(43)7-6-18(13-42)37-25(44)16-2-4-17(5-3-16)32-10-19-11-34-24-23(36-19)28(47)40-29(31)39-24/h2-5,9,11,13,15,18,20-21,32,48H,6-8,10,12,14,30H2,1H3,(H,33,43)(H,35,46)(H,37,44)(H,38,45)(H3,31,34,39,40,47)/t15-,18+,20+,21+/m1/s1. The van der Waals surface area contributed by atoms with Gasteiger partial charge in [0, 0.05) is 42.4 Å². The zero-order valence-corrected chi connectivity index (χ0v) is 26.8.